The number of aliphatic hydroxyl groups excluding tert-OH is 1. The van der Waals surface area contributed by atoms with Gasteiger partial charge in [0, 0.05) is 41.2 Å². The molecule has 0 fully saturated rings. The van der Waals surface area contributed by atoms with Crippen LogP contribution >= 0.6 is 0 Å². The Morgan fingerprint density at radius 2 is 1.36 bits per heavy atom. The van der Waals surface area contributed by atoms with Crippen LogP contribution in [0.2, 0.25) is 0 Å². The van der Waals surface area contributed by atoms with Gasteiger partial charge in [-0.05, 0) is 47.9 Å². The molecule has 0 radical (unpaired) electrons. The first kappa shape index (κ1) is 24.6. The van der Waals surface area contributed by atoms with E-state index in [0.717, 1.165) is 5.56 Å². The van der Waals surface area contributed by atoms with Crippen LogP contribution in [0.15, 0.2) is 66.7 Å². The van der Waals surface area contributed by atoms with Crippen molar-refractivity contribution in [1.29, 1.82) is 0 Å². The smallest absolute Gasteiger partial charge is 0.157 e. The van der Waals surface area contributed by atoms with Crippen molar-refractivity contribution in [3.05, 3.63) is 94.5 Å². The van der Waals surface area contributed by atoms with E-state index >= 15 is 0 Å². The molecule has 4 atom stereocenters. The highest BCUT2D eigenvalue weighted by Gasteiger charge is 2.40. The van der Waals surface area contributed by atoms with Gasteiger partial charge in [-0.1, -0.05) is 24.3 Å². The minimum absolute atomic E-state index is 0.00221. The van der Waals surface area contributed by atoms with Crippen LogP contribution in [0.4, 0.5) is 0 Å². The molecule has 2 heterocycles. The molecule has 2 aliphatic heterocycles. The van der Waals surface area contributed by atoms with E-state index in [9.17, 15) is 35.7 Å². The van der Waals surface area contributed by atoms with E-state index in [-0.39, 0.29) is 46.7 Å². The Bertz CT molecular complexity index is 1560. The van der Waals surface area contributed by atoms with Gasteiger partial charge < -0.3 is 45.2 Å². The van der Waals surface area contributed by atoms with Crippen molar-refractivity contribution >= 4 is 0 Å². The molecule has 9 heteroatoms. The number of rotatable bonds is 3. The molecular formula is C30H26O9. The summed E-state index contributed by atoms with van der Waals surface area (Å²) in [6.45, 7) is 0. The molecular weight excluding hydrogens is 504 g/mol. The molecule has 0 amide bonds. The number of ether oxygens (including phenoxy) is 2. The van der Waals surface area contributed by atoms with Gasteiger partial charge in [0.25, 0.3) is 0 Å². The SMILES string of the molecule is Oc1ccc([C@H]2C[C@@H](c3c(O)cc(O)c4c3O[C@H](c3ccc(O)c(O)c3)[C@H](O)C4)c3ccc(O)cc3O2)cc1. The van der Waals surface area contributed by atoms with Gasteiger partial charge in [0.15, 0.2) is 11.5 Å². The zero-order valence-corrected chi connectivity index (χ0v) is 20.5. The lowest BCUT2D eigenvalue weighted by Gasteiger charge is -2.37. The Morgan fingerprint density at radius 3 is 2.10 bits per heavy atom. The molecule has 4 aromatic rings. The van der Waals surface area contributed by atoms with Crippen molar-refractivity contribution in [2.45, 2.75) is 37.1 Å². The second kappa shape index (κ2) is 9.21. The van der Waals surface area contributed by atoms with Gasteiger partial charge in [-0.25, -0.2) is 0 Å². The van der Waals surface area contributed by atoms with Crippen molar-refractivity contribution in [3.8, 4) is 46.0 Å². The largest absolute Gasteiger partial charge is 0.508 e. The maximum Gasteiger partial charge on any atom is 0.157 e. The van der Waals surface area contributed by atoms with Gasteiger partial charge in [0.2, 0.25) is 0 Å². The molecule has 39 heavy (non-hydrogen) atoms. The number of phenols is 6. The van der Waals surface area contributed by atoms with E-state index in [1.54, 1.807) is 30.3 Å². The highest BCUT2D eigenvalue weighted by molar-refractivity contribution is 5.63. The average Bonchev–Trinajstić information content (AvgIpc) is 2.90. The maximum atomic E-state index is 11.2. The molecule has 0 aromatic heterocycles. The summed E-state index contributed by atoms with van der Waals surface area (Å²) in [5, 5.41) is 72.5. The Morgan fingerprint density at radius 1 is 0.641 bits per heavy atom. The number of benzene rings is 4. The van der Waals surface area contributed by atoms with Crippen LogP contribution in [0.1, 0.15) is 52.4 Å². The van der Waals surface area contributed by atoms with E-state index in [1.165, 1.54) is 36.4 Å². The highest BCUT2D eigenvalue weighted by Crippen LogP contribution is 2.55. The number of fused-ring (bicyclic) bond motifs is 2. The van der Waals surface area contributed by atoms with E-state index in [2.05, 4.69) is 0 Å². The zero-order valence-electron chi connectivity index (χ0n) is 20.5. The predicted octanol–water partition coefficient (Wildman–Crippen LogP) is 4.61. The van der Waals surface area contributed by atoms with Gasteiger partial charge in [0.1, 0.15) is 46.7 Å². The molecule has 0 unspecified atom stereocenters. The molecule has 0 bridgehead atoms. The molecule has 9 nitrogen and oxygen atoms in total. The van der Waals surface area contributed by atoms with Crippen LogP contribution in [0.25, 0.3) is 0 Å². The molecule has 4 aromatic carbocycles. The van der Waals surface area contributed by atoms with E-state index in [0.29, 0.717) is 34.4 Å². The van der Waals surface area contributed by atoms with E-state index in [4.69, 9.17) is 9.47 Å². The standard InChI is InChI=1S/C30H26O9/c31-16-4-1-14(2-5-16)26-12-19(18-7-6-17(32)10-27(18)38-26)28-24(36)13-22(34)20-11-25(37)29(39-30(20)28)15-3-8-21(33)23(35)9-15/h1-10,13,19,25-26,29,31-37H,11-12H2/t19-,25-,26-,29-/m1/s1. The Labute approximate surface area is 223 Å². The Hall–Kier alpha value is -4.76. The third-order valence-corrected chi connectivity index (χ3v) is 7.42. The minimum Gasteiger partial charge on any atom is -0.508 e. The van der Waals surface area contributed by atoms with Gasteiger partial charge in [0.05, 0.1) is 6.10 Å². The van der Waals surface area contributed by atoms with E-state index in [1.807, 2.05) is 0 Å². The number of aromatic hydroxyl groups is 6. The van der Waals surface area contributed by atoms with Crippen LogP contribution in [0.3, 0.4) is 0 Å². The Kier molecular flexibility index (Phi) is 5.80. The fraction of sp³-hybridized carbons (Fsp3) is 0.200. The number of hydrogen-bond donors (Lipinski definition) is 7. The zero-order chi connectivity index (χ0) is 27.4. The maximum absolute atomic E-state index is 11.2. The summed E-state index contributed by atoms with van der Waals surface area (Å²) in [4.78, 5) is 0. The van der Waals surface area contributed by atoms with Gasteiger partial charge >= 0.3 is 0 Å². The van der Waals surface area contributed by atoms with Crippen LogP contribution in [-0.4, -0.2) is 41.8 Å². The third kappa shape index (κ3) is 4.26. The normalized spacial score (nSPS) is 21.8. The van der Waals surface area contributed by atoms with Crippen molar-refractivity contribution in [2.24, 2.45) is 0 Å². The first-order valence-electron chi connectivity index (χ1n) is 12.4. The number of aliphatic hydroxyl groups is 1. The topological polar surface area (TPSA) is 160 Å². The van der Waals surface area contributed by atoms with Crippen molar-refractivity contribution in [3.63, 3.8) is 0 Å². The molecule has 0 saturated heterocycles. The first-order valence-corrected chi connectivity index (χ1v) is 12.4. The second-order valence-corrected chi connectivity index (χ2v) is 9.90. The summed E-state index contributed by atoms with van der Waals surface area (Å²) < 4.78 is 12.5. The van der Waals surface area contributed by atoms with Gasteiger partial charge in [-0.2, -0.15) is 0 Å². The monoisotopic (exact) mass is 530 g/mol. The van der Waals surface area contributed by atoms with Crippen molar-refractivity contribution in [1.82, 2.24) is 0 Å². The third-order valence-electron chi connectivity index (χ3n) is 7.42. The quantitative estimate of drug-likeness (QED) is 0.188. The summed E-state index contributed by atoms with van der Waals surface area (Å²) in [5.41, 5.74) is 2.55. The molecule has 2 aliphatic rings. The summed E-state index contributed by atoms with van der Waals surface area (Å²) in [5.74, 6) is -0.935. The van der Waals surface area contributed by atoms with E-state index < -0.39 is 24.2 Å². The molecule has 0 spiro atoms. The second-order valence-electron chi connectivity index (χ2n) is 9.90. The van der Waals surface area contributed by atoms with Crippen LogP contribution in [-0.2, 0) is 6.42 Å². The van der Waals surface area contributed by atoms with Crippen LogP contribution < -0.4 is 9.47 Å². The predicted molar refractivity (Wildman–Crippen MR) is 139 cm³/mol. The first-order chi connectivity index (χ1) is 18.7. The Balaban J connectivity index is 1.49. The lowest BCUT2D eigenvalue weighted by atomic mass is 9.79. The van der Waals surface area contributed by atoms with Crippen LogP contribution in [0.5, 0.6) is 46.0 Å². The van der Waals surface area contributed by atoms with Crippen molar-refractivity contribution in [2.75, 3.05) is 0 Å². The molecule has 6 rings (SSSR count). The fourth-order valence-corrected chi connectivity index (χ4v) is 5.51. The van der Waals surface area contributed by atoms with Crippen LogP contribution in [0, 0.1) is 0 Å². The van der Waals surface area contributed by atoms with Crippen molar-refractivity contribution < 1.29 is 45.2 Å². The molecule has 0 aliphatic carbocycles. The summed E-state index contributed by atoms with van der Waals surface area (Å²) in [6, 6.07) is 16.6. The van der Waals surface area contributed by atoms with Gasteiger partial charge in [-0.3, -0.25) is 0 Å². The molecule has 7 N–H and O–H groups in total. The highest BCUT2D eigenvalue weighted by atomic mass is 16.5. The number of hydrogen-bond acceptors (Lipinski definition) is 9. The lowest BCUT2D eigenvalue weighted by molar-refractivity contribution is 0.0184. The molecule has 200 valence electrons. The summed E-state index contributed by atoms with van der Waals surface area (Å²) in [6.07, 6.45) is -2.20. The lowest BCUT2D eigenvalue weighted by Crippen LogP contribution is -2.31. The minimum atomic E-state index is -1.09. The average molecular weight is 531 g/mol. The summed E-state index contributed by atoms with van der Waals surface area (Å²) in [7, 11) is 0. The number of phenolic OH excluding ortho intramolecular Hbond substituents is 6. The fourth-order valence-electron chi connectivity index (χ4n) is 5.51. The summed E-state index contributed by atoms with van der Waals surface area (Å²) >= 11 is 0. The van der Waals surface area contributed by atoms with Gasteiger partial charge in [-0.15, -0.1) is 0 Å². The molecule has 0 saturated carbocycles.